The van der Waals surface area contributed by atoms with Gasteiger partial charge in [-0.2, -0.15) is 36.5 Å². The molecule has 2 aromatic heterocycles. The van der Waals surface area contributed by atoms with Crippen molar-refractivity contribution in [2.45, 2.75) is 44.2 Å². The van der Waals surface area contributed by atoms with Gasteiger partial charge < -0.3 is 15.2 Å². The number of nitrogens with two attached hydrogens (primary N) is 1. The summed E-state index contributed by atoms with van der Waals surface area (Å²) in [5.74, 6) is -1.46. The molecule has 7 rings (SSSR count). The Morgan fingerprint density at radius 1 is 0.650 bits per heavy atom. The molecule has 0 spiro atoms. The summed E-state index contributed by atoms with van der Waals surface area (Å²) in [4.78, 5) is 43.5. The zero-order valence-electron chi connectivity index (χ0n) is 31.6. The van der Waals surface area contributed by atoms with Crippen molar-refractivity contribution in [2.75, 3.05) is 7.05 Å². The Morgan fingerprint density at radius 2 is 1.17 bits per heavy atom. The van der Waals surface area contributed by atoms with Crippen molar-refractivity contribution >= 4 is 23.4 Å². The Balaban J connectivity index is 0.000000203. The number of Topliss-reactive ketones (excluding diaryl/α,β-unsaturated/α-hetero) is 2. The molecule has 2 N–H and O–H groups in total. The van der Waals surface area contributed by atoms with Gasteiger partial charge in [-0.15, -0.1) is 0 Å². The van der Waals surface area contributed by atoms with Crippen LogP contribution in [0.2, 0.25) is 0 Å². The molecule has 3 heterocycles. The van der Waals surface area contributed by atoms with Crippen LogP contribution in [-0.2, 0) is 36.6 Å². The van der Waals surface area contributed by atoms with Gasteiger partial charge in [-0.3, -0.25) is 28.6 Å². The van der Waals surface area contributed by atoms with Crippen LogP contribution in [0.4, 0.5) is 26.3 Å². The molecule has 0 bridgehead atoms. The second-order valence-electron chi connectivity index (χ2n) is 13.4. The molecule has 1 aliphatic heterocycles. The van der Waals surface area contributed by atoms with Crippen molar-refractivity contribution in [3.63, 3.8) is 0 Å². The Bertz CT molecular complexity index is 2490. The van der Waals surface area contributed by atoms with Gasteiger partial charge in [-0.05, 0) is 41.0 Å². The number of benzene rings is 4. The fraction of sp³-hybridized carbons (Fsp3) is 0.190. The molecule has 1 unspecified atom stereocenters. The third kappa shape index (κ3) is 10.4. The highest BCUT2D eigenvalue weighted by atomic mass is 19.4. The maximum atomic E-state index is 13.3. The van der Waals surface area contributed by atoms with Gasteiger partial charge in [0.25, 0.3) is 5.91 Å². The average Bonchev–Trinajstić information content (AvgIpc) is 3.94. The summed E-state index contributed by atoms with van der Waals surface area (Å²) in [5, 5.41) is 7.26. The largest absolute Gasteiger partial charge is 0.489 e. The van der Waals surface area contributed by atoms with E-state index >= 15 is 0 Å². The zero-order valence-corrected chi connectivity index (χ0v) is 31.6. The molecule has 310 valence electrons. The number of guanidine groups is 1. The minimum absolute atomic E-state index is 0.0471. The van der Waals surface area contributed by atoms with E-state index in [1.807, 2.05) is 60.7 Å². The molecule has 1 atom stereocenters. The molecule has 12 nitrogen and oxygen atoms in total. The van der Waals surface area contributed by atoms with Crippen molar-refractivity contribution in [3.05, 3.63) is 167 Å². The highest BCUT2D eigenvalue weighted by Crippen LogP contribution is 2.40. The highest BCUT2D eigenvalue weighted by Gasteiger charge is 2.50. The summed E-state index contributed by atoms with van der Waals surface area (Å²) in [6.07, 6.45) is -4.71. The number of hydrogen-bond donors (Lipinski definition) is 1. The van der Waals surface area contributed by atoms with Crippen molar-refractivity contribution < 1.29 is 50.2 Å². The third-order valence-electron chi connectivity index (χ3n) is 8.92. The molecule has 0 fully saturated rings. The van der Waals surface area contributed by atoms with Crippen LogP contribution < -0.4 is 15.2 Å². The lowest BCUT2D eigenvalue weighted by Crippen LogP contribution is -2.41. The van der Waals surface area contributed by atoms with Gasteiger partial charge in [0.2, 0.25) is 11.6 Å². The first kappa shape index (κ1) is 42.4. The molecular formula is C42H35F6N7O5. The number of hydrogen-bond acceptors (Lipinski definition) is 9. The van der Waals surface area contributed by atoms with E-state index in [4.69, 9.17) is 15.2 Å². The van der Waals surface area contributed by atoms with E-state index in [0.29, 0.717) is 28.4 Å². The Labute approximate surface area is 338 Å². The van der Waals surface area contributed by atoms with Crippen LogP contribution in [0.5, 0.6) is 11.5 Å². The molecule has 0 saturated carbocycles. The van der Waals surface area contributed by atoms with Gasteiger partial charge in [0.1, 0.15) is 37.8 Å². The maximum absolute atomic E-state index is 13.3. The molecular weight excluding hydrogens is 796 g/mol. The number of ketones is 2. The molecule has 0 aliphatic carbocycles. The zero-order chi connectivity index (χ0) is 43.1. The standard InChI is InChI=1S/C22H20F3N5O2.C20H15F3N2O3/c1-29-19(31)22(28-20(29)26,17-11-27-30(12-17)14-21(23,24)25)16-8-5-9-18(10-16)32-13-15-6-3-2-4-7-15;21-20(22,23)13-25-11-16(10-24-25)19(27)18(26)15-7-4-8-17(9-15)28-12-14-5-2-1-3-6-14/h2-12H,13-14H2,1H3,(H2,26,28);1-11H,12-13H2. The number of nitrogens with zero attached hydrogens (tertiary/aromatic N) is 6. The van der Waals surface area contributed by atoms with Crippen LogP contribution in [-0.4, -0.2) is 67.3 Å². The number of aliphatic imine (C=N–C) groups is 1. The first-order chi connectivity index (χ1) is 28.5. The second kappa shape index (κ2) is 17.7. The first-order valence-electron chi connectivity index (χ1n) is 18.0. The van der Waals surface area contributed by atoms with Crippen molar-refractivity contribution in [1.82, 2.24) is 24.5 Å². The van der Waals surface area contributed by atoms with Crippen LogP contribution in [0.1, 0.15) is 43.0 Å². The molecule has 60 heavy (non-hydrogen) atoms. The Hall–Kier alpha value is -7.24. The van der Waals surface area contributed by atoms with E-state index < -0.39 is 48.5 Å². The number of carbonyl (C=O) groups excluding carboxylic acids is 3. The fourth-order valence-corrected chi connectivity index (χ4v) is 6.04. The number of likely N-dealkylation sites (N-methyl/N-ethyl adjacent to an activating group) is 1. The number of alkyl halides is 6. The quantitative estimate of drug-likeness (QED) is 0.0734. The van der Waals surface area contributed by atoms with Crippen molar-refractivity contribution in [1.29, 1.82) is 0 Å². The lowest BCUT2D eigenvalue weighted by molar-refractivity contribution is -0.143. The van der Waals surface area contributed by atoms with Gasteiger partial charge >= 0.3 is 12.4 Å². The van der Waals surface area contributed by atoms with E-state index in [1.54, 1.807) is 36.4 Å². The molecule has 1 amide bonds. The SMILES string of the molecule is CN1C(=O)C(c2cccc(OCc3ccccc3)c2)(c2cnn(CC(F)(F)F)c2)N=C1N.O=C(C(=O)c1cnn(CC(F)(F)F)c1)c1cccc(OCc2ccccc2)c1. The van der Waals surface area contributed by atoms with Gasteiger partial charge in [0, 0.05) is 30.6 Å². The molecule has 18 heteroatoms. The molecule has 0 radical (unpaired) electrons. The maximum Gasteiger partial charge on any atom is 0.408 e. The topological polar surface area (TPSA) is 147 Å². The van der Waals surface area contributed by atoms with Gasteiger partial charge in [0.05, 0.1) is 18.0 Å². The molecule has 1 aliphatic rings. The van der Waals surface area contributed by atoms with E-state index in [9.17, 15) is 40.7 Å². The van der Waals surface area contributed by atoms with Crippen LogP contribution in [0.25, 0.3) is 0 Å². The number of amides is 1. The van der Waals surface area contributed by atoms with Crippen LogP contribution in [0.3, 0.4) is 0 Å². The first-order valence-corrected chi connectivity index (χ1v) is 18.0. The average molecular weight is 832 g/mol. The number of rotatable bonds is 13. The normalized spacial score (nSPS) is 15.2. The number of ether oxygens (including phenoxy) is 2. The minimum atomic E-state index is -4.47. The smallest absolute Gasteiger partial charge is 0.408 e. The van der Waals surface area contributed by atoms with Gasteiger partial charge in [0.15, 0.2) is 11.5 Å². The molecule has 0 saturated heterocycles. The monoisotopic (exact) mass is 831 g/mol. The summed E-state index contributed by atoms with van der Waals surface area (Å²) >= 11 is 0. The molecule has 4 aromatic carbocycles. The predicted octanol–water partition coefficient (Wildman–Crippen LogP) is 7.14. The summed E-state index contributed by atoms with van der Waals surface area (Å²) < 4.78 is 88.4. The van der Waals surface area contributed by atoms with Gasteiger partial charge in [-0.25, -0.2) is 4.99 Å². The van der Waals surface area contributed by atoms with E-state index in [0.717, 1.165) is 28.2 Å². The molecule has 6 aromatic rings. The summed E-state index contributed by atoms with van der Waals surface area (Å²) in [6, 6.07) is 31.7. The third-order valence-corrected chi connectivity index (χ3v) is 8.92. The highest BCUT2D eigenvalue weighted by molar-refractivity contribution is 6.49. The van der Waals surface area contributed by atoms with E-state index in [2.05, 4.69) is 15.2 Å². The minimum Gasteiger partial charge on any atom is -0.489 e. The van der Waals surface area contributed by atoms with Crippen molar-refractivity contribution in [2.24, 2.45) is 10.7 Å². The number of carbonyl (C=O) groups is 3. The van der Waals surface area contributed by atoms with Crippen LogP contribution >= 0.6 is 0 Å². The Kier molecular flexibility index (Phi) is 12.5. The van der Waals surface area contributed by atoms with E-state index in [-0.39, 0.29) is 29.3 Å². The summed E-state index contributed by atoms with van der Waals surface area (Å²) in [7, 11) is 1.46. The van der Waals surface area contributed by atoms with Gasteiger partial charge in [-0.1, -0.05) is 84.9 Å². The Morgan fingerprint density at radius 3 is 1.72 bits per heavy atom. The number of halogens is 6. The number of aromatic nitrogens is 4. The lowest BCUT2D eigenvalue weighted by atomic mass is 9.84. The summed E-state index contributed by atoms with van der Waals surface area (Å²) in [5.41, 5.74) is 6.62. The van der Waals surface area contributed by atoms with Crippen molar-refractivity contribution in [3.8, 4) is 11.5 Å². The van der Waals surface area contributed by atoms with E-state index in [1.165, 1.54) is 36.5 Å². The fourth-order valence-electron chi connectivity index (χ4n) is 6.04. The predicted molar refractivity (Wildman–Crippen MR) is 205 cm³/mol. The lowest BCUT2D eigenvalue weighted by Gasteiger charge is -2.24. The summed E-state index contributed by atoms with van der Waals surface area (Å²) in [6.45, 7) is -2.03. The second-order valence-corrected chi connectivity index (χ2v) is 13.4. The van der Waals surface area contributed by atoms with Crippen LogP contribution in [0.15, 0.2) is 139 Å². The van der Waals surface area contributed by atoms with Crippen LogP contribution in [0, 0.1) is 0 Å².